The number of nitrogens with one attached hydrogen (secondary N) is 1. The van der Waals surface area contributed by atoms with Crippen molar-refractivity contribution in [3.05, 3.63) is 73.9 Å². The monoisotopic (exact) mass is 623 g/mol. The molecule has 13 heteroatoms. The van der Waals surface area contributed by atoms with Gasteiger partial charge < -0.3 is 10.1 Å². The number of amides is 1. The van der Waals surface area contributed by atoms with E-state index in [9.17, 15) is 24.0 Å². The standard InChI is InChI=1S/C31H38FN7O4S/c1-9-20-10-11-21(32)14-22(20)23(43-17-30(5,6)16-33)15-37-27-24(19(4)26(44-27)39-34-12-13-35-39)25(40)38(29(37)42)31(7,8)28(41)36-18(2)3/h10-14,18,23H,9,15,17H2,1-8H3,(H,36,41)/t23-/m0/s1. The van der Waals surface area contributed by atoms with E-state index in [1.165, 1.54) is 47.7 Å². The molecule has 3 aromatic heterocycles. The molecule has 11 nitrogen and oxygen atoms in total. The number of aromatic nitrogens is 5. The largest absolute Gasteiger partial charge is 0.370 e. The molecule has 0 unspecified atom stereocenters. The third kappa shape index (κ3) is 6.23. The first kappa shape index (κ1) is 32.8. The van der Waals surface area contributed by atoms with E-state index < -0.39 is 40.0 Å². The van der Waals surface area contributed by atoms with Crippen molar-refractivity contribution < 1.29 is 13.9 Å². The third-order valence-electron chi connectivity index (χ3n) is 7.45. The van der Waals surface area contributed by atoms with Crippen LogP contribution in [0.4, 0.5) is 4.39 Å². The van der Waals surface area contributed by atoms with E-state index in [0.717, 1.165) is 21.5 Å². The molecule has 234 valence electrons. The van der Waals surface area contributed by atoms with Crippen LogP contribution in [0.5, 0.6) is 0 Å². The number of hydrogen-bond donors (Lipinski definition) is 1. The minimum atomic E-state index is -1.57. The lowest BCUT2D eigenvalue weighted by atomic mass is 9.96. The van der Waals surface area contributed by atoms with Crippen molar-refractivity contribution in [3.63, 3.8) is 0 Å². The highest BCUT2D eigenvalue weighted by atomic mass is 32.1. The van der Waals surface area contributed by atoms with Gasteiger partial charge in [-0.15, -0.1) is 4.80 Å². The zero-order valence-corrected chi connectivity index (χ0v) is 27.1. The minimum absolute atomic E-state index is 0.000417. The molecule has 0 bridgehead atoms. The van der Waals surface area contributed by atoms with Gasteiger partial charge in [-0.3, -0.25) is 14.2 Å². The van der Waals surface area contributed by atoms with Crippen LogP contribution in [0.1, 0.15) is 71.3 Å². The van der Waals surface area contributed by atoms with Crippen LogP contribution in [0.3, 0.4) is 0 Å². The fourth-order valence-electron chi connectivity index (χ4n) is 4.98. The van der Waals surface area contributed by atoms with Crippen LogP contribution in [0, 0.1) is 29.5 Å². The molecule has 44 heavy (non-hydrogen) atoms. The van der Waals surface area contributed by atoms with E-state index >= 15 is 0 Å². The van der Waals surface area contributed by atoms with Crippen LogP contribution in [0.15, 0.2) is 40.2 Å². The van der Waals surface area contributed by atoms with Crippen molar-refractivity contribution in [3.8, 4) is 11.1 Å². The van der Waals surface area contributed by atoms with Crippen molar-refractivity contribution in [2.45, 2.75) is 86.0 Å². The Bertz CT molecular complexity index is 1850. The molecule has 0 radical (unpaired) electrons. The number of nitriles is 1. The first-order valence-electron chi connectivity index (χ1n) is 14.4. The van der Waals surface area contributed by atoms with Gasteiger partial charge in [-0.1, -0.05) is 24.3 Å². The second-order valence-electron chi connectivity index (χ2n) is 12.2. The van der Waals surface area contributed by atoms with Gasteiger partial charge in [0.15, 0.2) is 0 Å². The molecule has 0 aliphatic heterocycles. The predicted octanol–water partition coefficient (Wildman–Crippen LogP) is 4.38. The Hall–Kier alpha value is -4.15. The van der Waals surface area contributed by atoms with Crippen LogP contribution in [-0.4, -0.2) is 42.7 Å². The first-order chi connectivity index (χ1) is 20.6. The second kappa shape index (κ2) is 12.5. The van der Waals surface area contributed by atoms with E-state index in [-0.39, 0.29) is 24.6 Å². The summed E-state index contributed by atoms with van der Waals surface area (Å²) in [6.07, 6.45) is 2.70. The normalized spacial score (nSPS) is 12.9. The fraction of sp³-hybridized carbons (Fsp3) is 0.484. The minimum Gasteiger partial charge on any atom is -0.370 e. The summed E-state index contributed by atoms with van der Waals surface area (Å²) >= 11 is 1.16. The predicted molar refractivity (Wildman–Crippen MR) is 166 cm³/mol. The Morgan fingerprint density at radius 2 is 1.84 bits per heavy atom. The van der Waals surface area contributed by atoms with Crippen LogP contribution in [0.25, 0.3) is 15.2 Å². The van der Waals surface area contributed by atoms with Gasteiger partial charge in [-0.2, -0.15) is 15.5 Å². The van der Waals surface area contributed by atoms with E-state index in [2.05, 4.69) is 21.6 Å². The summed E-state index contributed by atoms with van der Waals surface area (Å²) < 4.78 is 23.3. The molecule has 4 aromatic rings. The molecule has 3 heterocycles. The first-order valence-corrected chi connectivity index (χ1v) is 15.2. The number of thiophene rings is 1. The summed E-state index contributed by atoms with van der Waals surface area (Å²) in [5, 5.41) is 21.7. The smallest absolute Gasteiger partial charge is 0.333 e. The molecule has 1 N–H and O–H groups in total. The number of nitrogens with zero attached hydrogens (tertiary/aromatic N) is 6. The summed E-state index contributed by atoms with van der Waals surface area (Å²) in [7, 11) is 0. The molecular formula is C31H38FN7O4S. The fourth-order valence-corrected chi connectivity index (χ4v) is 6.20. The molecule has 1 amide bonds. The van der Waals surface area contributed by atoms with Gasteiger partial charge in [0.25, 0.3) is 5.56 Å². The second-order valence-corrected chi connectivity index (χ2v) is 13.2. The number of ether oxygens (including phenoxy) is 1. The quantitative estimate of drug-likeness (QED) is 0.262. The SMILES string of the molecule is CCc1ccc(F)cc1[C@H](Cn1c(=O)n(C(C)(C)C(=O)NC(C)C)c(=O)c2c(C)c(-n3nccn3)sc21)OCC(C)(C)C#N. The average Bonchev–Trinajstić information content (AvgIpc) is 3.60. The lowest BCUT2D eigenvalue weighted by Crippen LogP contribution is -2.56. The van der Waals surface area contributed by atoms with Crippen molar-refractivity contribution in [2.75, 3.05) is 6.61 Å². The zero-order valence-electron chi connectivity index (χ0n) is 26.3. The average molecular weight is 624 g/mol. The Kier molecular flexibility index (Phi) is 9.27. The number of fused-ring (bicyclic) bond motifs is 1. The summed E-state index contributed by atoms with van der Waals surface area (Å²) in [5.41, 5.74) is -1.92. The summed E-state index contributed by atoms with van der Waals surface area (Å²) in [6, 6.07) is 6.39. The van der Waals surface area contributed by atoms with E-state index in [1.807, 2.05) is 6.92 Å². The third-order valence-corrected chi connectivity index (χ3v) is 8.73. The van der Waals surface area contributed by atoms with Gasteiger partial charge in [-0.25, -0.2) is 13.8 Å². The maximum absolute atomic E-state index is 14.7. The lowest BCUT2D eigenvalue weighted by Gasteiger charge is -2.29. The van der Waals surface area contributed by atoms with Gasteiger partial charge in [-0.05, 0) is 78.1 Å². The van der Waals surface area contributed by atoms with E-state index in [0.29, 0.717) is 27.4 Å². The van der Waals surface area contributed by atoms with Crippen LogP contribution in [0.2, 0.25) is 0 Å². The number of halogens is 1. The maximum Gasteiger partial charge on any atom is 0.333 e. The molecule has 0 fully saturated rings. The van der Waals surface area contributed by atoms with Crippen LogP contribution < -0.4 is 16.6 Å². The molecule has 1 atom stereocenters. The molecule has 0 spiro atoms. The van der Waals surface area contributed by atoms with Gasteiger partial charge in [0.2, 0.25) is 5.91 Å². The number of aryl methyl sites for hydroxylation is 2. The maximum atomic E-state index is 14.7. The van der Waals surface area contributed by atoms with Crippen LogP contribution in [-0.2, 0) is 28.0 Å². The van der Waals surface area contributed by atoms with E-state index in [1.54, 1.807) is 40.7 Å². The summed E-state index contributed by atoms with van der Waals surface area (Å²) in [4.78, 5) is 43.7. The summed E-state index contributed by atoms with van der Waals surface area (Å²) in [5.74, 6) is -0.972. The van der Waals surface area contributed by atoms with Crippen molar-refractivity contribution in [1.82, 2.24) is 29.4 Å². The molecule has 4 rings (SSSR count). The van der Waals surface area contributed by atoms with E-state index in [4.69, 9.17) is 4.74 Å². The molecule has 0 saturated carbocycles. The highest BCUT2D eigenvalue weighted by Crippen LogP contribution is 2.33. The van der Waals surface area contributed by atoms with Gasteiger partial charge in [0, 0.05) is 11.6 Å². The van der Waals surface area contributed by atoms with Crippen LogP contribution >= 0.6 is 11.3 Å². The molecule has 0 saturated heterocycles. The zero-order chi connectivity index (χ0) is 32.6. The number of benzene rings is 1. The van der Waals surface area contributed by atoms with Gasteiger partial charge >= 0.3 is 5.69 Å². The molecule has 1 aromatic carbocycles. The molecular weight excluding hydrogens is 585 g/mol. The summed E-state index contributed by atoms with van der Waals surface area (Å²) in [6.45, 7) is 13.6. The Morgan fingerprint density at radius 3 is 2.43 bits per heavy atom. The lowest BCUT2D eigenvalue weighted by molar-refractivity contribution is -0.129. The number of carbonyl (C=O) groups is 1. The number of hydrogen-bond acceptors (Lipinski definition) is 8. The van der Waals surface area contributed by atoms with Gasteiger partial charge in [0.05, 0.1) is 42.4 Å². The Morgan fingerprint density at radius 1 is 1.18 bits per heavy atom. The molecule has 0 aliphatic carbocycles. The van der Waals surface area contributed by atoms with Crippen molar-refractivity contribution in [2.24, 2.45) is 5.41 Å². The molecule has 0 aliphatic rings. The highest BCUT2D eigenvalue weighted by molar-refractivity contribution is 7.21. The Labute approximate surface area is 258 Å². The Balaban J connectivity index is 2.04. The van der Waals surface area contributed by atoms with Gasteiger partial charge in [0.1, 0.15) is 27.3 Å². The number of carbonyl (C=O) groups excluding carboxylic acids is 1. The topological polar surface area (TPSA) is 137 Å². The van der Waals surface area contributed by atoms with Crippen molar-refractivity contribution >= 4 is 27.5 Å². The highest BCUT2D eigenvalue weighted by Gasteiger charge is 2.36. The number of rotatable bonds is 11. The van der Waals surface area contributed by atoms with Crippen molar-refractivity contribution in [1.29, 1.82) is 5.26 Å².